The van der Waals surface area contributed by atoms with E-state index in [0.717, 1.165) is 0 Å². The molecule has 1 saturated heterocycles. The lowest BCUT2D eigenvalue weighted by atomic mass is 9.87. The SMILES string of the molecule is O=C1O[C@@H]2C=C[C@@]1(Br)[C@H](OCCCl)C2. The zero-order valence-corrected chi connectivity index (χ0v) is 9.75. The van der Waals surface area contributed by atoms with Gasteiger partial charge in [0.25, 0.3) is 0 Å². The summed E-state index contributed by atoms with van der Waals surface area (Å²) in [6.07, 6.45) is 4.09. The molecule has 0 aromatic heterocycles. The third-order valence-electron chi connectivity index (χ3n) is 2.44. The van der Waals surface area contributed by atoms with E-state index in [0.29, 0.717) is 18.9 Å². The van der Waals surface area contributed by atoms with Crippen molar-refractivity contribution in [2.24, 2.45) is 0 Å². The molecule has 5 heteroatoms. The van der Waals surface area contributed by atoms with Crippen molar-refractivity contribution in [3.8, 4) is 0 Å². The van der Waals surface area contributed by atoms with Crippen molar-refractivity contribution in [3.63, 3.8) is 0 Å². The van der Waals surface area contributed by atoms with E-state index in [1.807, 2.05) is 12.2 Å². The molecular formula is C9H10BrClO3. The Bertz CT molecular complexity index is 281. The van der Waals surface area contributed by atoms with Gasteiger partial charge in [0.15, 0.2) is 4.32 Å². The molecule has 14 heavy (non-hydrogen) atoms. The van der Waals surface area contributed by atoms with Crippen LogP contribution < -0.4 is 0 Å². The zero-order valence-electron chi connectivity index (χ0n) is 7.41. The van der Waals surface area contributed by atoms with E-state index >= 15 is 0 Å². The zero-order chi connectivity index (χ0) is 10.2. The molecule has 1 aliphatic carbocycles. The van der Waals surface area contributed by atoms with Crippen molar-refractivity contribution in [1.82, 2.24) is 0 Å². The molecule has 0 aromatic carbocycles. The first-order chi connectivity index (χ1) is 6.66. The van der Waals surface area contributed by atoms with Crippen LogP contribution in [0.5, 0.6) is 0 Å². The number of hydrogen-bond acceptors (Lipinski definition) is 3. The molecule has 0 saturated carbocycles. The van der Waals surface area contributed by atoms with Crippen molar-refractivity contribution >= 4 is 33.5 Å². The molecule has 3 nitrogen and oxygen atoms in total. The van der Waals surface area contributed by atoms with Crippen molar-refractivity contribution in [2.45, 2.75) is 23.0 Å². The Morgan fingerprint density at radius 2 is 2.57 bits per heavy atom. The monoisotopic (exact) mass is 280 g/mol. The summed E-state index contributed by atoms with van der Waals surface area (Å²) in [6.45, 7) is 0.452. The highest BCUT2D eigenvalue weighted by atomic mass is 79.9. The first-order valence-corrected chi connectivity index (χ1v) is 5.76. The minimum Gasteiger partial charge on any atom is -0.457 e. The van der Waals surface area contributed by atoms with Crippen LogP contribution in [-0.4, -0.2) is 35.0 Å². The maximum absolute atomic E-state index is 11.5. The van der Waals surface area contributed by atoms with E-state index in [-0.39, 0.29) is 18.2 Å². The quantitative estimate of drug-likeness (QED) is 0.448. The van der Waals surface area contributed by atoms with Crippen LogP contribution in [0, 0.1) is 0 Å². The third kappa shape index (κ3) is 1.59. The van der Waals surface area contributed by atoms with Crippen LogP contribution in [0.3, 0.4) is 0 Å². The summed E-state index contributed by atoms with van der Waals surface area (Å²) in [5.41, 5.74) is 0. The molecule has 2 bridgehead atoms. The molecule has 0 amide bonds. The maximum atomic E-state index is 11.5. The van der Waals surface area contributed by atoms with Gasteiger partial charge in [-0.05, 0) is 6.08 Å². The molecule has 0 spiro atoms. The molecule has 0 radical (unpaired) electrons. The molecule has 3 rings (SSSR count). The van der Waals surface area contributed by atoms with Gasteiger partial charge in [0.2, 0.25) is 0 Å². The smallest absolute Gasteiger partial charge is 0.330 e. The predicted molar refractivity (Wildman–Crippen MR) is 55.8 cm³/mol. The maximum Gasteiger partial charge on any atom is 0.330 e. The Morgan fingerprint density at radius 3 is 3.21 bits per heavy atom. The minimum absolute atomic E-state index is 0.137. The molecular weight excluding hydrogens is 271 g/mol. The lowest BCUT2D eigenvalue weighted by molar-refractivity contribution is -0.164. The lowest BCUT2D eigenvalue weighted by Gasteiger charge is -2.42. The highest BCUT2D eigenvalue weighted by Crippen LogP contribution is 2.40. The summed E-state index contributed by atoms with van der Waals surface area (Å²) in [6, 6.07) is 0. The van der Waals surface area contributed by atoms with Crippen LogP contribution in [0.4, 0.5) is 0 Å². The Morgan fingerprint density at radius 1 is 1.79 bits per heavy atom. The second kappa shape index (κ2) is 3.83. The van der Waals surface area contributed by atoms with Gasteiger partial charge in [0.05, 0.1) is 12.7 Å². The number of carbonyl (C=O) groups is 1. The van der Waals surface area contributed by atoms with Crippen LogP contribution in [-0.2, 0) is 14.3 Å². The standard InChI is InChI=1S/C9H10BrClO3/c10-9-2-1-6(14-8(9)12)5-7(9)13-4-3-11/h1-2,6-7H,3-5H2/t6-,7-,9-/m1/s1. The molecule has 0 aromatic rings. The third-order valence-corrected chi connectivity index (χ3v) is 3.69. The summed E-state index contributed by atoms with van der Waals surface area (Å²) in [5, 5.41) is 0. The van der Waals surface area contributed by atoms with Crippen molar-refractivity contribution in [1.29, 1.82) is 0 Å². The van der Waals surface area contributed by atoms with E-state index < -0.39 is 4.32 Å². The summed E-state index contributed by atoms with van der Waals surface area (Å²) < 4.78 is 9.82. The fourth-order valence-corrected chi connectivity index (χ4v) is 2.36. The van der Waals surface area contributed by atoms with E-state index in [1.54, 1.807) is 0 Å². The molecule has 2 aliphatic heterocycles. The summed E-state index contributed by atoms with van der Waals surface area (Å²) in [4.78, 5) is 11.5. The number of carbonyl (C=O) groups excluding carboxylic acids is 1. The Balaban J connectivity index is 2.13. The minimum atomic E-state index is -0.798. The second-order valence-corrected chi connectivity index (χ2v) is 5.05. The highest BCUT2D eigenvalue weighted by molar-refractivity contribution is 9.10. The number of halogens is 2. The second-order valence-electron chi connectivity index (χ2n) is 3.36. The first-order valence-electron chi connectivity index (χ1n) is 4.44. The van der Waals surface area contributed by atoms with Gasteiger partial charge in [-0.1, -0.05) is 22.0 Å². The van der Waals surface area contributed by atoms with E-state index in [2.05, 4.69) is 15.9 Å². The van der Waals surface area contributed by atoms with E-state index in [4.69, 9.17) is 21.1 Å². The Kier molecular flexibility index (Phi) is 2.86. The van der Waals surface area contributed by atoms with E-state index in [1.165, 1.54) is 0 Å². The largest absolute Gasteiger partial charge is 0.457 e. The Labute approximate surface area is 95.5 Å². The van der Waals surface area contributed by atoms with Gasteiger partial charge in [-0.3, -0.25) is 4.79 Å². The highest BCUT2D eigenvalue weighted by Gasteiger charge is 2.52. The van der Waals surface area contributed by atoms with Crippen molar-refractivity contribution < 1.29 is 14.3 Å². The van der Waals surface area contributed by atoms with Crippen LogP contribution in [0.1, 0.15) is 6.42 Å². The average Bonchev–Trinajstić information content (AvgIpc) is 2.17. The average molecular weight is 282 g/mol. The van der Waals surface area contributed by atoms with Gasteiger partial charge in [-0.25, -0.2) is 0 Å². The Hall–Kier alpha value is -0.0600. The van der Waals surface area contributed by atoms with Gasteiger partial charge in [-0.15, -0.1) is 11.6 Å². The number of rotatable bonds is 3. The number of alkyl halides is 2. The predicted octanol–water partition coefficient (Wildman–Crippen LogP) is 1.63. The molecule has 3 atom stereocenters. The number of hydrogen-bond donors (Lipinski definition) is 0. The fraction of sp³-hybridized carbons (Fsp3) is 0.667. The first kappa shape index (κ1) is 10.5. The molecule has 0 unspecified atom stereocenters. The van der Waals surface area contributed by atoms with Gasteiger partial charge < -0.3 is 9.47 Å². The fourth-order valence-electron chi connectivity index (χ4n) is 1.71. The number of esters is 1. The lowest BCUT2D eigenvalue weighted by Crippen LogP contribution is -2.55. The topological polar surface area (TPSA) is 35.5 Å². The summed E-state index contributed by atoms with van der Waals surface area (Å²) >= 11 is 8.90. The number of fused-ring (bicyclic) bond motifs is 2. The van der Waals surface area contributed by atoms with Gasteiger partial charge in [-0.2, -0.15) is 0 Å². The van der Waals surface area contributed by atoms with Gasteiger partial charge >= 0.3 is 5.97 Å². The van der Waals surface area contributed by atoms with Crippen LogP contribution >= 0.6 is 27.5 Å². The summed E-state index contributed by atoms with van der Waals surface area (Å²) in [7, 11) is 0. The molecule has 0 N–H and O–H groups in total. The normalized spacial score (nSPS) is 40.0. The van der Waals surface area contributed by atoms with Gasteiger partial charge in [0, 0.05) is 12.3 Å². The van der Waals surface area contributed by atoms with Gasteiger partial charge in [0.1, 0.15) is 6.10 Å². The summed E-state index contributed by atoms with van der Waals surface area (Å²) in [5.74, 6) is 0.166. The number of ether oxygens (including phenoxy) is 2. The molecule has 3 aliphatic rings. The van der Waals surface area contributed by atoms with Crippen LogP contribution in [0.25, 0.3) is 0 Å². The van der Waals surface area contributed by atoms with Crippen LogP contribution in [0.2, 0.25) is 0 Å². The van der Waals surface area contributed by atoms with Crippen molar-refractivity contribution in [2.75, 3.05) is 12.5 Å². The van der Waals surface area contributed by atoms with E-state index in [9.17, 15) is 4.79 Å². The van der Waals surface area contributed by atoms with Crippen LogP contribution in [0.15, 0.2) is 12.2 Å². The molecule has 78 valence electrons. The van der Waals surface area contributed by atoms with Crippen molar-refractivity contribution in [3.05, 3.63) is 12.2 Å². The molecule has 2 heterocycles. The molecule has 1 fully saturated rings.